The maximum atomic E-state index is 12.4. The van der Waals surface area contributed by atoms with Gasteiger partial charge in [0.2, 0.25) is 0 Å². The highest BCUT2D eigenvalue weighted by molar-refractivity contribution is 7.17. The normalized spacial score (nSPS) is 11.9. The molecule has 1 aromatic rings. The summed E-state index contributed by atoms with van der Waals surface area (Å²) in [5, 5.41) is 9.04. The van der Waals surface area contributed by atoms with E-state index in [0.29, 0.717) is 5.00 Å². The Kier molecular flexibility index (Phi) is 4.03. The molecule has 1 aromatic heterocycles. The van der Waals surface area contributed by atoms with Crippen LogP contribution in [-0.4, -0.2) is 29.8 Å². The molecule has 7 heteroatoms. The predicted molar refractivity (Wildman–Crippen MR) is 59.8 cm³/mol. The molecular formula is C10H12F3NO2S. The number of hydrogen-bond donors (Lipinski definition) is 1. The summed E-state index contributed by atoms with van der Waals surface area (Å²) in [6.45, 7) is 2.18. The lowest BCUT2D eigenvalue weighted by Crippen LogP contribution is -2.38. The van der Waals surface area contributed by atoms with Crippen LogP contribution >= 0.6 is 11.3 Å². The second-order valence-electron chi connectivity index (χ2n) is 3.78. The third-order valence-corrected chi connectivity index (χ3v) is 3.17. The van der Waals surface area contributed by atoms with E-state index in [2.05, 4.69) is 0 Å². The van der Waals surface area contributed by atoms with Crippen molar-refractivity contribution in [1.29, 1.82) is 0 Å². The maximum absolute atomic E-state index is 12.4. The number of aromatic carboxylic acids is 1. The van der Waals surface area contributed by atoms with Crippen LogP contribution in [0.2, 0.25) is 0 Å². The number of thiophene rings is 1. The van der Waals surface area contributed by atoms with Crippen molar-refractivity contribution in [2.45, 2.75) is 26.1 Å². The molecule has 96 valence electrons. The summed E-state index contributed by atoms with van der Waals surface area (Å²) < 4.78 is 37.1. The molecule has 0 amide bonds. The summed E-state index contributed by atoms with van der Waals surface area (Å²) in [6.07, 6.45) is -4.31. The van der Waals surface area contributed by atoms with Crippen LogP contribution in [0.1, 0.15) is 23.5 Å². The summed E-state index contributed by atoms with van der Waals surface area (Å²) in [6, 6.07) is 2.37. The Balaban J connectivity index is 2.94. The van der Waals surface area contributed by atoms with Crippen LogP contribution in [0, 0.1) is 0 Å². The smallest absolute Gasteiger partial charge is 0.405 e. The Hall–Kier alpha value is -1.24. The van der Waals surface area contributed by atoms with Crippen molar-refractivity contribution in [1.82, 2.24) is 0 Å². The van der Waals surface area contributed by atoms with Gasteiger partial charge in [-0.1, -0.05) is 0 Å². The zero-order chi connectivity index (χ0) is 13.2. The van der Waals surface area contributed by atoms with Crippen LogP contribution in [-0.2, 0) is 0 Å². The summed E-state index contributed by atoms with van der Waals surface area (Å²) in [4.78, 5) is 11.8. The summed E-state index contributed by atoms with van der Waals surface area (Å²) in [5.74, 6) is -1.13. The van der Waals surface area contributed by atoms with E-state index in [4.69, 9.17) is 5.11 Å². The largest absolute Gasteiger partial charge is 0.477 e. The van der Waals surface area contributed by atoms with Crippen LogP contribution in [0.25, 0.3) is 0 Å². The Bertz CT molecular complexity index is 401. The number of anilines is 1. The van der Waals surface area contributed by atoms with Gasteiger partial charge in [-0.15, -0.1) is 11.3 Å². The number of carbonyl (C=O) groups is 1. The average molecular weight is 267 g/mol. The van der Waals surface area contributed by atoms with Crippen LogP contribution in [0.4, 0.5) is 18.2 Å². The van der Waals surface area contributed by atoms with Crippen molar-refractivity contribution >= 4 is 22.3 Å². The van der Waals surface area contributed by atoms with Crippen LogP contribution in [0.5, 0.6) is 0 Å². The SMILES string of the molecule is CC(C)N(CC(F)(F)F)c1ccc(C(=O)O)s1. The molecule has 1 rings (SSSR count). The molecule has 0 atom stereocenters. The van der Waals surface area contributed by atoms with Crippen molar-refractivity contribution < 1.29 is 23.1 Å². The van der Waals surface area contributed by atoms with Gasteiger partial charge in [-0.2, -0.15) is 13.2 Å². The third-order valence-electron chi connectivity index (χ3n) is 2.06. The molecule has 0 aliphatic heterocycles. The number of nitrogens with zero attached hydrogens (tertiary/aromatic N) is 1. The highest BCUT2D eigenvalue weighted by Crippen LogP contribution is 2.30. The van der Waals surface area contributed by atoms with Gasteiger partial charge >= 0.3 is 12.1 Å². The molecule has 0 radical (unpaired) electrons. The molecular weight excluding hydrogens is 255 g/mol. The lowest BCUT2D eigenvalue weighted by Gasteiger charge is -2.28. The van der Waals surface area contributed by atoms with Gasteiger partial charge in [0.15, 0.2) is 0 Å². The van der Waals surface area contributed by atoms with Gasteiger partial charge in [0.25, 0.3) is 0 Å². The molecule has 0 aromatic carbocycles. The van der Waals surface area contributed by atoms with Crippen molar-refractivity contribution in [2.24, 2.45) is 0 Å². The minimum atomic E-state index is -4.31. The second-order valence-corrected chi connectivity index (χ2v) is 4.84. The van der Waals surface area contributed by atoms with Gasteiger partial charge in [-0.05, 0) is 26.0 Å². The molecule has 0 aliphatic rings. The van der Waals surface area contributed by atoms with Crippen LogP contribution < -0.4 is 4.90 Å². The first-order valence-corrected chi connectivity index (χ1v) is 5.69. The lowest BCUT2D eigenvalue weighted by atomic mass is 10.3. The highest BCUT2D eigenvalue weighted by Gasteiger charge is 2.32. The topological polar surface area (TPSA) is 40.5 Å². The Labute approximate surface area is 100 Å². The number of carboxylic acids is 1. The van der Waals surface area contributed by atoms with Gasteiger partial charge in [0, 0.05) is 6.04 Å². The lowest BCUT2D eigenvalue weighted by molar-refractivity contribution is -0.120. The minimum Gasteiger partial charge on any atom is -0.477 e. The highest BCUT2D eigenvalue weighted by atomic mass is 32.1. The van der Waals surface area contributed by atoms with Gasteiger partial charge in [0.1, 0.15) is 11.4 Å². The third kappa shape index (κ3) is 3.92. The molecule has 1 N–H and O–H groups in total. The fraction of sp³-hybridized carbons (Fsp3) is 0.500. The molecule has 17 heavy (non-hydrogen) atoms. The molecule has 3 nitrogen and oxygen atoms in total. The predicted octanol–water partition coefficient (Wildman–Crippen LogP) is 3.22. The number of rotatable bonds is 4. The first-order valence-electron chi connectivity index (χ1n) is 4.87. The van der Waals surface area contributed by atoms with Gasteiger partial charge < -0.3 is 10.0 Å². The average Bonchev–Trinajstić information content (AvgIpc) is 2.60. The number of halogens is 3. The first-order chi connectivity index (χ1) is 7.70. The van der Waals surface area contributed by atoms with Gasteiger partial charge in [0.05, 0.1) is 5.00 Å². The quantitative estimate of drug-likeness (QED) is 0.910. The molecule has 0 saturated heterocycles. The van der Waals surface area contributed by atoms with E-state index in [9.17, 15) is 18.0 Å². The molecule has 0 fully saturated rings. The number of hydrogen-bond acceptors (Lipinski definition) is 3. The van der Waals surface area contributed by atoms with Crippen molar-refractivity contribution in [3.8, 4) is 0 Å². The second kappa shape index (κ2) is 4.95. The van der Waals surface area contributed by atoms with E-state index < -0.39 is 18.7 Å². The standard InChI is InChI=1S/C10H12F3NO2S/c1-6(2)14(5-10(11,12)13)8-4-3-7(17-8)9(15)16/h3-4,6H,5H2,1-2H3,(H,15,16). The van der Waals surface area contributed by atoms with Crippen molar-refractivity contribution in [2.75, 3.05) is 11.4 Å². The summed E-state index contributed by atoms with van der Waals surface area (Å²) in [7, 11) is 0. The number of alkyl halides is 3. The van der Waals surface area contributed by atoms with E-state index in [1.807, 2.05) is 0 Å². The van der Waals surface area contributed by atoms with E-state index in [-0.39, 0.29) is 10.9 Å². The molecule has 0 saturated carbocycles. The Morgan fingerprint density at radius 1 is 1.47 bits per heavy atom. The zero-order valence-electron chi connectivity index (χ0n) is 9.28. The van der Waals surface area contributed by atoms with E-state index in [1.54, 1.807) is 13.8 Å². The van der Waals surface area contributed by atoms with Gasteiger partial charge in [-0.3, -0.25) is 0 Å². The summed E-state index contributed by atoms with van der Waals surface area (Å²) >= 11 is 0.844. The van der Waals surface area contributed by atoms with E-state index >= 15 is 0 Å². The fourth-order valence-corrected chi connectivity index (χ4v) is 2.28. The number of carboxylic acid groups (broad SMARTS) is 1. The Morgan fingerprint density at radius 3 is 2.41 bits per heavy atom. The van der Waals surface area contributed by atoms with Crippen molar-refractivity contribution in [3.63, 3.8) is 0 Å². The fourth-order valence-electron chi connectivity index (χ4n) is 1.31. The molecule has 0 bridgehead atoms. The molecule has 0 aliphatic carbocycles. The van der Waals surface area contributed by atoms with Gasteiger partial charge in [-0.25, -0.2) is 4.79 Å². The van der Waals surface area contributed by atoms with Crippen LogP contribution in [0.3, 0.4) is 0 Å². The Morgan fingerprint density at radius 2 is 2.06 bits per heavy atom. The molecule has 1 heterocycles. The van der Waals surface area contributed by atoms with Crippen molar-refractivity contribution in [3.05, 3.63) is 17.0 Å². The summed E-state index contributed by atoms with van der Waals surface area (Å²) in [5.41, 5.74) is 0. The van der Waals surface area contributed by atoms with Crippen LogP contribution in [0.15, 0.2) is 12.1 Å². The zero-order valence-corrected chi connectivity index (χ0v) is 10.1. The maximum Gasteiger partial charge on any atom is 0.405 e. The van der Waals surface area contributed by atoms with E-state index in [0.717, 1.165) is 16.2 Å². The molecule has 0 spiro atoms. The first kappa shape index (κ1) is 13.8. The monoisotopic (exact) mass is 267 g/mol. The molecule has 0 unspecified atom stereocenters. The minimum absolute atomic E-state index is 0.0350. The van der Waals surface area contributed by atoms with E-state index in [1.165, 1.54) is 12.1 Å².